The van der Waals surface area contributed by atoms with E-state index < -0.39 is 0 Å². The van der Waals surface area contributed by atoms with E-state index in [0.717, 1.165) is 34.5 Å². The van der Waals surface area contributed by atoms with Gasteiger partial charge in [0.2, 0.25) is 5.91 Å². The van der Waals surface area contributed by atoms with Crippen molar-refractivity contribution in [1.82, 2.24) is 30.2 Å². The number of benzene rings is 1. The van der Waals surface area contributed by atoms with Gasteiger partial charge in [-0.15, -0.1) is 0 Å². The van der Waals surface area contributed by atoms with Gasteiger partial charge in [-0.2, -0.15) is 21.5 Å². The van der Waals surface area contributed by atoms with Gasteiger partial charge in [0.15, 0.2) is 5.69 Å². The molecule has 0 atom stereocenters. The standard InChI is InChI=1S/C26H28N6O4S/c1-4-7-31(16(2)33)8-6-27-26(34)24-21-14-36-23-11-22(35-3)19(17-12-28-29-13-17)10-20(23)25(21)32(30-24)18-5-9-37-15-18/h5,9-13,15H,4,6-8,14H2,1-3H3,(H,27,34)(H,28,29). The van der Waals surface area contributed by atoms with Crippen LogP contribution in [0, 0.1) is 0 Å². The number of hydrogen-bond donors (Lipinski definition) is 2. The lowest BCUT2D eigenvalue weighted by Crippen LogP contribution is -2.38. The lowest BCUT2D eigenvalue weighted by molar-refractivity contribution is -0.128. The van der Waals surface area contributed by atoms with E-state index in [1.807, 2.05) is 35.9 Å². The summed E-state index contributed by atoms with van der Waals surface area (Å²) in [6.45, 7) is 5.17. The Morgan fingerprint density at radius 1 is 1.30 bits per heavy atom. The maximum Gasteiger partial charge on any atom is 0.272 e. The Morgan fingerprint density at radius 3 is 2.84 bits per heavy atom. The van der Waals surface area contributed by atoms with Crippen molar-refractivity contribution in [3.63, 3.8) is 0 Å². The molecule has 0 fully saturated rings. The maximum atomic E-state index is 13.3. The fourth-order valence-electron chi connectivity index (χ4n) is 4.50. The summed E-state index contributed by atoms with van der Waals surface area (Å²) in [4.78, 5) is 26.9. The molecule has 11 heteroatoms. The van der Waals surface area contributed by atoms with Crippen LogP contribution in [0.25, 0.3) is 28.1 Å². The molecule has 192 valence electrons. The van der Waals surface area contributed by atoms with Crippen molar-refractivity contribution in [3.05, 3.63) is 52.6 Å². The van der Waals surface area contributed by atoms with Crippen LogP contribution in [0.3, 0.4) is 0 Å². The first kappa shape index (κ1) is 24.6. The van der Waals surface area contributed by atoms with Crippen LogP contribution in [0.1, 0.15) is 36.3 Å². The molecule has 0 aliphatic carbocycles. The lowest BCUT2D eigenvalue weighted by Gasteiger charge is -2.22. The zero-order valence-electron chi connectivity index (χ0n) is 20.9. The van der Waals surface area contributed by atoms with Gasteiger partial charge in [0, 0.05) is 66.5 Å². The van der Waals surface area contributed by atoms with Crippen LogP contribution in [0.2, 0.25) is 0 Å². The molecule has 0 saturated carbocycles. The quantitative estimate of drug-likeness (QED) is 0.346. The van der Waals surface area contributed by atoms with Gasteiger partial charge in [0.25, 0.3) is 5.91 Å². The number of amides is 2. The molecule has 4 heterocycles. The highest BCUT2D eigenvalue weighted by Crippen LogP contribution is 2.45. The smallest absolute Gasteiger partial charge is 0.272 e. The fraction of sp³-hybridized carbons (Fsp3) is 0.308. The lowest BCUT2D eigenvalue weighted by atomic mass is 9.97. The van der Waals surface area contributed by atoms with Gasteiger partial charge >= 0.3 is 0 Å². The van der Waals surface area contributed by atoms with Crippen LogP contribution in [0.5, 0.6) is 11.5 Å². The summed E-state index contributed by atoms with van der Waals surface area (Å²) in [5, 5.41) is 18.5. The molecule has 5 rings (SSSR count). The number of ether oxygens (including phenoxy) is 2. The predicted octanol–water partition coefficient (Wildman–Crippen LogP) is 3.88. The second kappa shape index (κ2) is 10.5. The van der Waals surface area contributed by atoms with Crippen molar-refractivity contribution in [2.45, 2.75) is 26.9 Å². The average molecular weight is 521 g/mol. The normalized spacial score (nSPS) is 11.9. The van der Waals surface area contributed by atoms with E-state index in [9.17, 15) is 9.59 Å². The SMILES string of the molecule is CCCN(CCNC(=O)c1nn(-c2ccsc2)c2c1COc1cc(OC)c(-c3cn[nH]c3)cc1-2)C(C)=O. The molecule has 1 aromatic carbocycles. The van der Waals surface area contributed by atoms with E-state index in [1.54, 1.807) is 40.4 Å². The highest BCUT2D eigenvalue weighted by Gasteiger charge is 2.31. The topological polar surface area (TPSA) is 114 Å². The van der Waals surface area contributed by atoms with E-state index in [0.29, 0.717) is 42.4 Å². The number of carbonyl (C=O) groups excluding carboxylic acids is 2. The van der Waals surface area contributed by atoms with E-state index in [-0.39, 0.29) is 18.4 Å². The average Bonchev–Trinajstić information content (AvgIpc) is 3.67. The highest BCUT2D eigenvalue weighted by molar-refractivity contribution is 7.08. The van der Waals surface area contributed by atoms with Gasteiger partial charge in [0.05, 0.1) is 24.7 Å². The molecule has 0 radical (unpaired) electrons. The van der Waals surface area contributed by atoms with Crippen molar-refractivity contribution in [2.24, 2.45) is 0 Å². The minimum Gasteiger partial charge on any atom is -0.496 e. The minimum atomic E-state index is -0.305. The van der Waals surface area contributed by atoms with Gasteiger partial charge in [-0.05, 0) is 23.9 Å². The van der Waals surface area contributed by atoms with Crippen molar-refractivity contribution >= 4 is 23.2 Å². The van der Waals surface area contributed by atoms with E-state index in [1.165, 1.54) is 6.92 Å². The Balaban J connectivity index is 1.54. The molecule has 0 spiro atoms. The van der Waals surface area contributed by atoms with Gasteiger partial charge in [-0.3, -0.25) is 14.7 Å². The Morgan fingerprint density at radius 2 is 2.16 bits per heavy atom. The first-order chi connectivity index (χ1) is 18.0. The Labute approximate surface area is 218 Å². The summed E-state index contributed by atoms with van der Waals surface area (Å²) < 4.78 is 13.5. The van der Waals surface area contributed by atoms with Crippen LogP contribution in [-0.4, -0.2) is 63.4 Å². The third kappa shape index (κ3) is 4.69. The van der Waals surface area contributed by atoms with Crippen LogP contribution in [0.15, 0.2) is 41.4 Å². The molecule has 0 unspecified atom stereocenters. The highest BCUT2D eigenvalue weighted by atomic mass is 32.1. The Hall–Kier alpha value is -4.12. The summed E-state index contributed by atoms with van der Waals surface area (Å²) in [6, 6.07) is 5.80. The molecular weight excluding hydrogens is 492 g/mol. The molecule has 1 aliphatic heterocycles. The van der Waals surface area contributed by atoms with Crippen molar-refractivity contribution in [1.29, 1.82) is 0 Å². The van der Waals surface area contributed by atoms with Gasteiger partial charge in [0.1, 0.15) is 18.1 Å². The summed E-state index contributed by atoms with van der Waals surface area (Å²) in [5.74, 6) is 0.992. The van der Waals surface area contributed by atoms with Gasteiger partial charge < -0.3 is 19.7 Å². The minimum absolute atomic E-state index is 0.0101. The fourth-order valence-corrected chi connectivity index (χ4v) is 5.12. The Kier molecular flexibility index (Phi) is 6.95. The molecule has 2 N–H and O–H groups in total. The number of carbonyl (C=O) groups is 2. The monoisotopic (exact) mass is 520 g/mol. The van der Waals surface area contributed by atoms with Crippen LogP contribution in [-0.2, 0) is 11.4 Å². The van der Waals surface area contributed by atoms with Crippen molar-refractivity contribution < 1.29 is 19.1 Å². The molecule has 0 saturated heterocycles. The van der Waals surface area contributed by atoms with Crippen molar-refractivity contribution in [2.75, 3.05) is 26.7 Å². The third-order valence-electron chi connectivity index (χ3n) is 6.29. The Bertz CT molecular complexity index is 1410. The first-order valence-electron chi connectivity index (χ1n) is 12.0. The summed E-state index contributed by atoms with van der Waals surface area (Å²) in [5.41, 5.74) is 5.19. The number of hydrogen-bond acceptors (Lipinski definition) is 7. The van der Waals surface area contributed by atoms with E-state index >= 15 is 0 Å². The number of rotatable bonds is 9. The number of fused-ring (bicyclic) bond motifs is 3. The van der Waals surface area contributed by atoms with E-state index in [4.69, 9.17) is 14.6 Å². The zero-order chi connectivity index (χ0) is 25.9. The number of H-pyrrole nitrogens is 1. The molecule has 1 aliphatic rings. The molecule has 3 aromatic heterocycles. The largest absolute Gasteiger partial charge is 0.496 e. The molecule has 37 heavy (non-hydrogen) atoms. The molecule has 0 bridgehead atoms. The summed E-state index contributed by atoms with van der Waals surface area (Å²) in [6.07, 6.45) is 4.38. The number of methoxy groups -OCH3 is 1. The second-order valence-electron chi connectivity index (χ2n) is 8.66. The molecule has 4 aromatic rings. The number of nitrogens with zero attached hydrogens (tertiary/aromatic N) is 4. The van der Waals surface area contributed by atoms with Crippen LogP contribution >= 0.6 is 11.3 Å². The van der Waals surface area contributed by atoms with Gasteiger partial charge in [-0.1, -0.05) is 6.92 Å². The second-order valence-corrected chi connectivity index (χ2v) is 9.44. The molecule has 2 amide bonds. The van der Waals surface area contributed by atoms with Crippen molar-refractivity contribution in [3.8, 4) is 39.6 Å². The predicted molar refractivity (Wildman–Crippen MR) is 140 cm³/mol. The number of aromatic amines is 1. The first-order valence-corrected chi connectivity index (χ1v) is 13.0. The number of aromatic nitrogens is 4. The molecule has 10 nitrogen and oxygen atoms in total. The maximum absolute atomic E-state index is 13.3. The van der Waals surface area contributed by atoms with Crippen LogP contribution < -0.4 is 14.8 Å². The third-order valence-corrected chi connectivity index (χ3v) is 6.96. The summed E-state index contributed by atoms with van der Waals surface area (Å²) in [7, 11) is 1.62. The molecular formula is C26H28N6O4S. The van der Waals surface area contributed by atoms with Gasteiger partial charge in [-0.25, -0.2) is 4.68 Å². The summed E-state index contributed by atoms with van der Waals surface area (Å²) >= 11 is 1.55. The number of nitrogens with one attached hydrogen (secondary N) is 2. The van der Waals surface area contributed by atoms with E-state index in [2.05, 4.69) is 15.5 Å². The van der Waals surface area contributed by atoms with Crippen LogP contribution in [0.4, 0.5) is 0 Å². The zero-order valence-corrected chi connectivity index (χ0v) is 21.7. The number of thiophene rings is 1.